The van der Waals surface area contributed by atoms with E-state index in [0.717, 1.165) is 11.0 Å². The number of halogens is 1. The van der Waals surface area contributed by atoms with Crippen LogP contribution in [0.4, 0.5) is 0 Å². The Morgan fingerprint density at radius 3 is 2.68 bits per heavy atom. The summed E-state index contributed by atoms with van der Waals surface area (Å²) in [5, 5.41) is 3.27. The summed E-state index contributed by atoms with van der Waals surface area (Å²) in [5.41, 5.74) is 2.17. The van der Waals surface area contributed by atoms with E-state index in [9.17, 15) is 4.79 Å². The molecule has 1 heterocycles. The molecule has 7 heteroatoms. The second-order valence-corrected chi connectivity index (χ2v) is 7.44. The van der Waals surface area contributed by atoms with Gasteiger partial charge in [0.25, 0.3) is 5.91 Å². The first-order chi connectivity index (χ1) is 13.4. The van der Waals surface area contributed by atoms with E-state index in [2.05, 4.69) is 15.3 Å². The Morgan fingerprint density at radius 2 is 2.00 bits per heavy atom. The molecule has 1 unspecified atom stereocenters. The van der Waals surface area contributed by atoms with E-state index in [1.807, 2.05) is 45.0 Å². The summed E-state index contributed by atoms with van der Waals surface area (Å²) in [4.78, 5) is 20.5. The Labute approximate surface area is 169 Å². The summed E-state index contributed by atoms with van der Waals surface area (Å²) >= 11 is 6.34. The van der Waals surface area contributed by atoms with Gasteiger partial charge in [0.15, 0.2) is 11.5 Å². The largest absolute Gasteiger partial charge is 0.493 e. The van der Waals surface area contributed by atoms with E-state index in [-0.39, 0.29) is 11.9 Å². The van der Waals surface area contributed by atoms with Crippen molar-refractivity contribution in [3.8, 4) is 11.5 Å². The molecule has 0 radical (unpaired) electrons. The highest BCUT2D eigenvalue weighted by Crippen LogP contribution is 2.36. The van der Waals surface area contributed by atoms with Gasteiger partial charge in [-0.05, 0) is 37.1 Å². The van der Waals surface area contributed by atoms with Crippen molar-refractivity contribution in [1.82, 2.24) is 15.3 Å². The zero-order chi connectivity index (χ0) is 20.3. The molecule has 0 fully saturated rings. The molecule has 0 saturated carbocycles. The number of nitrogens with one attached hydrogen (secondary N) is 2. The molecule has 6 nitrogen and oxygen atoms in total. The Bertz CT molecular complexity index is 951. The van der Waals surface area contributed by atoms with Gasteiger partial charge in [-0.1, -0.05) is 37.6 Å². The number of hydrogen-bond donors (Lipinski definition) is 2. The first kappa shape index (κ1) is 20.0. The van der Waals surface area contributed by atoms with Gasteiger partial charge in [0.2, 0.25) is 0 Å². The van der Waals surface area contributed by atoms with Crippen molar-refractivity contribution in [2.45, 2.75) is 26.8 Å². The Morgan fingerprint density at radius 1 is 1.25 bits per heavy atom. The molecule has 0 aliphatic carbocycles. The number of rotatable bonds is 7. The molecule has 0 aliphatic rings. The first-order valence-corrected chi connectivity index (χ1v) is 9.52. The number of nitrogens with zero attached hydrogens (tertiary/aromatic N) is 1. The van der Waals surface area contributed by atoms with Gasteiger partial charge in [0.1, 0.15) is 5.82 Å². The van der Waals surface area contributed by atoms with Crippen LogP contribution < -0.4 is 14.8 Å². The number of fused-ring (bicyclic) bond motifs is 1. The van der Waals surface area contributed by atoms with Gasteiger partial charge >= 0.3 is 0 Å². The SMILES string of the molecule is COc1cc(C(=O)NC(C)c2nc3ccccc3[nH]2)cc(Cl)c1OCC(C)C. The van der Waals surface area contributed by atoms with Crippen molar-refractivity contribution in [3.63, 3.8) is 0 Å². The lowest BCUT2D eigenvalue weighted by molar-refractivity contribution is 0.0938. The van der Waals surface area contributed by atoms with E-state index in [1.165, 1.54) is 7.11 Å². The summed E-state index contributed by atoms with van der Waals surface area (Å²) in [6.45, 7) is 6.46. The molecule has 2 N–H and O–H groups in total. The number of carbonyl (C=O) groups excluding carboxylic acids is 1. The topological polar surface area (TPSA) is 76.2 Å². The summed E-state index contributed by atoms with van der Waals surface area (Å²) in [6.07, 6.45) is 0. The van der Waals surface area contributed by atoms with E-state index in [4.69, 9.17) is 21.1 Å². The van der Waals surface area contributed by atoms with Crippen LogP contribution in [0.2, 0.25) is 5.02 Å². The van der Waals surface area contributed by atoms with Gasteiger partial charge in [-0.15, -0.1) is 0 Å². The number of benzene rings is 2. The van der Waals surface area contributed by atoms with Crippen molar-refractivity contribution in [2.75, 3.05) is 13.7 Å². The second kappa shape index (κ2) is 8.52. The standard InChI is InChI=1S/C21H24ClN3O3/c1-12(2)11-28-19-15(22)9-14(10-18(19)27-4)21(26)23-13(3)20-24-16-7-5-6-8-17(16)25-20/h5-10,12-13H,11H2,1-4H3,(H,23,26)(H,24,25). The molecule has 1 atom stereocenters. The number of imidazole rings is 1. The number of methoxy groups -OCH3 is 1. The highest BCUT2D eigenvalue weighted by Gasteiger charge is 2.19. The summed E-state index contributed by atoms with van der Waals surface area (Å²) in [6, 6.07) is 10.6. The molecular formula is C21H24ClN3O3. The van der Waals surface area contributed by atoms with Gasteiger partial charge < -0.3 is 19.8 Å². The quantitative estimate of drug-likeness (QED) is 0.599. The van der Waals surface area contributed by atoms with Crippen molar-refractivity contribution < 1.29 is 14.3 Å². The zero-order valence-corrected chi connectivity index (χ0v) is 17.1. The molecule has 0 saturated heterocycles. The highest BCUT2D eigenvalue weighted by atomic mass is 35.5. The third-order valence-electron chi connectivity index (χ3n) is 4.22. The lowest BCUT2D eigenvalue weighted by Gasteiger charge is -2.16. The van der Waals surface area contributed by atoms with E-state index in [0.29, 0.717) is 40.4 Å². The maximum absolute atomic E-state index is 12.7. The fraction of sp³-hybridized carbons (Fsp3) is 0.333. The lowest BCUT2D eigenvalue weighted by atomic mass is 10.1. The summed E-state index contributed by atoms with van der Waals surface area (Å²) < 4.78 is 11.1. The van der Waals surface area contributed by atoms with Crippen LogP contribution in [-0.4, -0.2) is 29.6 Å². The summed E-state index contributed by atoms with van der Waals surface area (Å²) in [7, 11) is 1.52. The van der Waals surface area contributed by atoms with E-state index >= 15 is 0 Å². The molecular weight excluding hydrogens is 378 g/mol. The fourth-order valence-corrected chi connectivity index (χ4v) is 3.03. The number of aromatic amines is 1. The van der Waals surface area contributed by atoms with E-state index in [1.54, 1.807) is 12.1 Å². The number of para-hydroxylation sites is 2. The molecule has 0 aliphatic heterocycles. The van der Waals surface area contributed by atoms with E-state index < -0.39 is 0 Å². The normalized spacial score (nSPS) is 12.2. The van der Waals surface area contributed by atoms with Crippen molar-refractivity contribution in [3.05, 3.63) is 52.8 Å². The molecule has 1 amide bonds. The zero-order valence-electron chi connectivity index (χ0n) is 16.4. The average molecular weight is 402 g/mol. The number of amides is 1. The molecule has 2 aromatic carbocycles. The number of aromatic nitrogens is 2. The van der Waals surface area contributed by atoms with Gasteiger partial charge in [0, 0.05) is 5.56 Å². The van der Waals surface area contributed by atoms with Crippen LogP contribution >= 0.6 is 11.6 Å². The van der Waals surface area contributed by atoms with Crippen LogP contribution in [0.15, 0.2) is 36.4 Å². The Kier molecular flexibility index (Phi) is 6.09. The minimum absolute atomic E-state index is 0.274. The number of ether oxygens (including phenoxy) is 2. The lowest BCUT2D eigenvalue weighted by Crippen LogP contribution is -2.27. The minimum Gasteiger partial charge on any atom is -0.493 e. The molecule has 3 aromatic rings. The van der Waals surface area contributed by atoms with Crippen LogP contribution in [0.25, 0.3) is 11.0 Å². The minimum atomic E-state index is -0.304. The van der Waals surface area contributed by atoms with Gasteiger partial charge in [-0.25, -0.2) is 4.98 Å². The number of H-pyrrole nitrogens is 1. The monoisotopic (exact) mass is 401 g/mol. The van der Waals surface area contributed by atoms with Crippen molar-refractivity contribution in [2.24, 2.45) is 5.92 Å². The van der Waals surface area contributed by atoms with Crippen LogP contribution in [0, 0.1) is 5.92 Å². The third kappa shape index (κ3) is 4.39. The van der Waals surface area contributed by atoms with Crippen LogP contribution in [-0.2, 0) is 0 Å². The second-order valence-electron chi connectivity index (χ2n) is 7.03. The Balaban J connectivity index is 1.78. The first-order valence-electron chi connectivity index (χ1n) is 9.15. The molecule has 1 aromatic heterocycles. The number of hydrogen-bond acceptors (Lipinski definition) is 4. The third-order valence-corrected chi connectivity index (χ3v) is 4.50. The van der Waals surface area contributed by atoms with Crippen molar-refractivity contribution >= 4 is 28.5 Å². The predicted octanol–water partition coefficient (Wildman–Crippen LogP) is 4.75. The maximum atomic E-state index is 12.7. The van der Waals surface area contributed by atoms with Crippen LogP contribution in [0.3, 0.4) is 0 Å². The molecule has 0 spiro atoms. The Hall–Kier alpha value is -2.73. The predicted molar refractivity (Wildman–Crippen MR) is 110 cm³/mol. The molecule has 3 rings (SSSR count). The van der Waals surface area contributed by atoms with Crippen LogP contribution in [0.5, 0.6) is 11.5 Å². The molecule has 148 valence electrons. The van der Waals surface area contributed by atoms with Crippen LogP contribution in [0.1, 0.15) is 43.0 Å². The van der Waals surface area contributed by atoms with Crippen molar-refractivity contribution in [1.29, 1.82) is 0 Å². The molecule has 28 heavy (non-hydrogen) atoms. The van der Waals surface area contributed by atoms with Gasteiger partial charge in [-0.3, -0.25) is 4.79 Å². The highest BCUT2D eigenvalue weighted by molar-refractivity contribution is 6.32. The fourth-order valence-electron chi connectivity index (χ4n) is 2.77. The maximum Gasteiger partial charge on any atom is 0.252 e. The van der Waals surface area contributed by atoms with Gasteiger partial charge in [-0.2, -0.15) is 0 Å². The molecule has 0 bridgehead atoms. The average Bonchev–Trinajstić information content (AvgIpc) is 3.10. The smallest absolute Gasteiger partial charge is 0.252 e. The summed E-state index contributed by atoms with van der Waals surface area (Å²) in [5.74, 6) is 1.62. The van der Waals surface area contributed by atoms with Gasteiger partial charge in [0.05, 0.1) is 35.8 Å². The number of carbonyl (C=O) groups is 1.